The van der Waals surface area contributed by atoms with Crippen molar-refractivity contribution in [3.63, 3.8) is 0 Å². The second-order valence-corrected chi connectivity index (χ2v) is 5.95. The van der Waals surface area contributed by atoms with Crippen LogP contribution in [-0.4, -0.2) is 53.8 Å². The summed E-state index contributed by atoms with van der Waals surface area (Å²) in [6, 6.07) is 3.21. The number of hydrogen-bond acceptors (Lipinski definition) is 4. The molecule has 1 aromatic heterocycles. The first-order valence-electron chi connectivity index (χ1n) is 6.63. The van der Waals surface area contributed by atoms with Gasteiger partial charge in [0.2, 0.25) is 5.91 Å². The molecule has 0 saturated carbocycles. The summed E-state index contributed by atoms with van der Waals surface area (Å²) in [5, 5.41) is 3.24. The average Bonchev–Trinajstić information content (AvgIpc) is 2.91. The number of ether oxygens (including phenoxy) is 1. The largest absolute Gasteiger partial charge is 0.373 e. The molecule has 108 valence electrons. The van der Waals surface area contributed by atoms with Crippen molar-refractivity contribution in [3.8, 4) is 0 Å². The molecule has 0 unspecified atom stereocenters. The normalized spacial score (nSPS) is 25.6. The molecule has 0 radical (unpaired) electrons. The standard InChI is InChI=1S/C13H16BrN3O3/c14-9-1-2-12(18)16(7-9)8-13(19)17-3-4-20-11-6-15-5-10(11)17/h1-2,7,10-11,15H,3-6,8H2/t10-,11+/m1/s1. The minimum Gasteiger partial charge on any atom is -0.373 e. The van der Waals surface area contributed by atoms with Gasteiger partial charge in [0.05, 0.1) is 18.8 Å². The van der Waals surface area contributed by atoms with E-state index in [2.05, 4.69) is 21.2 Å². The maximum Gasteiger partial charge on any atom is 0.251 e. The molecule has 2 fully saturated rings. The number of carbonyl (C=O) groups is 1. The van der Waals surface area contributed by atoms with E-state index in [9.17, 15) is 9.59 Å². The van der Waals surface area contributed by atoms with Gasteiger partial charge in [-0.15, -0.1) is 0 Å². The summed E-state index contributed by atoms with van der Waals surface area (Å²) in [5.41, 5.74) is -0.170. The lowest BCUT2D eigenvalue weighted by atomic mass is 10.1. The van der Waals surface area contributed by atoms with Gasteiger partial charge in [0.25, 0.3) is 5.56 Å². The van der Waals surface area contributed by atoms with Crippen molar-refractivity contribution >= 4 is 21.8 Å². The molecule has 1 aromatic rings. The summed E-state index contributed by atoms with van der Waals surface area (Å²) in [7, 11) is 0. The zero-order valence-electron chi connectivity index (χ0n) is 10.9. The van der Waals surface area contributed by atoms with Crippen molar-refractivity contribution in [1.82, 2.24) is 14.8 Å². The van der Waals surface area contributed by atoms with Crippen LogP contribution in [0.15, 0.2) is 27.6 Å². The Morgan fingerprint density at radius 2 is 2.30 bits per heavy atom. The number of pyridine rings is 1. The molecule has 20 heavy (non-hydrogen) atoms. The van der Waals surface area contributed by atoms with E-state index in [0.29, 0.717) is 13.2 Å². The van der Waals surface area contributed by atoms with E-state index in [-0.39, 0.29) is 30.2 Å². The number of carbonyl (C=O) groups excluding carboxylic acids is 1. The van der Waals surface area contributed by atoms with Crippen molar-refractivity contribution in [1.29, 1.82) is 0 Å². The quantitative estimate of drug-likeness (QED) is 0.809. The van der Waals surface area contributed by atoms with Gasteiger partial charge in [-0.3, -0.25) is 9.59 Å². The van der Waals surface area contributed by atoms with Crippen molar-refractivity contribution in [2.45, 2.75) is 18.7 Å². The Kier molecular flexibility index (Phi) is 3.91. The molecule has 0 aliphatic carbocycles. The predicted molar refractivity (Wildman–Crippen MR) is 76.5 cm³/mol. The fraction of sp³-hybridized carbons (Fsp3) is 0.538. The Morgan fingerprint density at radius 3 is 3.15 bits per heavy atom. The number of nitrogens with zero attached hydrogens (tertiary/aromatic N) is 2. The lowest BCUT2D eigenvalue weighted by molar-refractivity contribution is -0.143. The third kappa shape index (κ3) is 2.65. The van der Waals surface area contributed by atoms with Gasteiger partial charge in [0.1, 0.15) is 6.54 Å². The smallest absolute Gasteiger partial charge is 0.251 e. The Bertz CT molecular complexity index is 574. The number of rotatable bonds is 2. The number of halogens is 1. The molecule has 1 amide bonds. The van der Waals surface area contributed by atoms with Crippen LogP contribution in [-0.2, 0) is 16.1 Å². The molecule has 2 aliphatic rings. The zero-order chi connectivity index (χ0) is 14.1. The van der Waals surface area contributed by atoms with Gasteiger partial charge in [-0.2, -0.15) is 0 Å². The molecular formula is C13H16BrN3O3. The average molecular weight is 342 g/mol. The lowest BCUT2D eigenvalue weighted by Gasteiger charge is -2.37. The second kappa shape index (κ2) is 5.67. The van der Waals surface area contributed by atoms with Gasteiger partial charge in [0, 0.05) is 36.4 Å². The van der Waals surface area contributed by atoms with E-state index < -0.39 is 0 Å². The lowest BCUT2D eigenvalue weighted by Crippen LogP contribution is -2.54. The van der Waals surface area contributed by atoms with Crippen LogP contribution in [0.4, 0.5) is 0 Å². The van der Waals surface area contributed by atoms with Gasteiger partial charge >= 0.3 is 0 Å². The van der Waals surface area contributed by atoms with Crippen LogP contribution in [0.3, 0.4) is 0 Å². The highest BCUT2D eigenvalue weighted by atomic mass is 79.9. The molecule has 0 spiro atoms. The zero-order valence-corrected chi connectivity index (χ0v) is 12.5. The third-order valence-corrected chi connectivity index (χ3v) is 4.24. The van der Waals surface area contributed by atoms with E-state index in [1.54, 1.807) is 12.3 Å². The van der Waals surface area contributed by atoms with E-state index >= 15 is 0 Å². The minimum atomic E-state index is -0.170. The third-order valence-electron chi connectivity index (χ3n) is 3.77. The molecule has 6 nitrogen and oxygen atoms in total. The number of hydrogen-bond donors (Lipinski definition) is 1. The van der Waals surface area contributed by atoms with Gasteiger partial charge in [-0.1, -0.05) is 0 Å². The van der Waals surface area contributed by atoms with Crippen molar-refractivity contribution in [3.05, 3.63) is 33.2 Å². The minimum absolute atomic E-state index is 0.0350. The maximum atomic E-state index is 12.4. The number of aromatic nitrogens is 1. The Morgan fingerprint density at radius 1 is 1.45 bits per heavy atom. The number of fused-ring (bicyclic) bond motifs is 1. The van der Waals surface area contributed by atoms with Gasteiger partial charge in [-0.05, 0) is 22.0 Å². The second-order valence-electron chi connectivity index (χ2n) is 5.04. The molecule has 2 saturated heterocycles. The van der Waals surface area contributed by atoms with Crippen LogP contribution in [0.2, 0.25) is 0 Å². The van der Waals surface area contributed by atoms with E-state index in [4.69, 9.17) is 4.74 Å². The first kappa shape index (κ1) is 13.8. The summed E-state index contributed by atoms with van der Waals surface area (Å²) >= 11 is 3.31. The molecular weight excluding hydrogens is 326 g/mol. The Balaban J connectivity index is 1.75. The molecule has 0 aromatic carbocycles. The van der Waals surface area contributed by atoms with Crippen molar-refractivity contribution in [2.24, 2.45) is 0 Å². The molecule has 1 N–H and O–H groups in total. The maximum absolute atomic E-state index is 12.4. The molecule has 3 rings (SSSR count). The molecule has 7 heteroatoms. The summed E-state index contributed by atoms with van der Waals surface area (Å²) < 4.78 is 7.86. The molecule has 2 atom stereocenters. The Hall–Kier alpha value is -1.18. The first-order chi connectivity index (χ1) is 9.65. The fourth-order valence-corrected chi connectivity index (χ4v) is 3.14. The highest BCUT2D eigenvalue weighted by Crippen LogP contribution is 2.18. The van der Waals surface area contributed by atoms with Crippen LogP contribution < -0.4 is 10.9 Å². The van der Waals surface area contributed by atoms with Gasteiger partial charge < -0.3 is 19.5 Å². The summed E-state index contributed by atoms with van der Waals surface area (Å²) in [6.07, 6.45) is 1.72. The number of nitrogens with one attached hydrogen (secondary N) is 1. The Labute approximate surface area is 124 Å². The summed E-state index contributed by atoms with van der Waals surface area (Å²) in [5.74, 6) is -0.0350. The topological polar surface area (TPSA) is 63.6 Å². The molecule has 0 bridgehead atoms. The van der Waals surface area contributed by atoms with Crippen molar-refractivity contribution in [2.75, 3.05) is 26.2 Å². The van der Waals surface area contributed by atoms with Crippen LogP contribution in [0.5, 0.6) is 0 Å². The van der Waals surface area contributed by atoms with Crippen LogP contribution in [0, 0.1) is 0 Å². The van der Waals surface area contributed by atoms with E-state index in [0.717, 1.165) is 17.6 Å². The van der Waals surface area contributed by atoms with Gasteiger partial charge in [-0.25, -0.2) is 0 Å². The SMILES string of the molecule is O=C(Cn1cc(Br)ccc1=O)N1CCO[C@H]2CNC[C@H]21. The predicted octanol–water partition coefficient (Wildman–Crippen LogP) is -0.190. The molecule has 3 heterocycles. The van der Waals surface area contributed by atoms with E-state index in [1.807, 2.05) is 4.90 Å². The summed E-state index contributed by atoms with van der Waals surface area (Å²) in [4.78, 5) is 26.0. The van der Waals surface area contributed by atoms with Crippen molar-refractivity contribution < 1.29 is 9.53 Å². The number of amides is 1. The number of morpholine rings is 1. The van der Waals surface area contributed by atoms with Crippen LogP contribution >= 0.6 is 15.9 Å². The first-order valence-corrected chi connectivity index (χ1v) is 7.42. The highest BCUT2D eigenvalue weighted by molar-refractivity contribution is 9.10. The van der Waals surface area contributed by atoms with Gasteiger partial charge in [0.15, 0.2) is 0 Å². The van der Waals surface area contributed by atoms with Crippen LogP contribution in [0.25, 0.3) is 0 Å². The van der Waals surface area contributed by atoms with E-state index in [1.165, 1.54) is 10.6 Å². The molecule has 2 aliphatic heterocycles. The summed E-state index contributed by atoms with van der Waals surface area (Å²) in [6.45, 7) is 2.75. The van der Waals surface area contributed by atoms with Crippen LogP contribution in [0.1, 0.15) is 0 Å². The highest BCUT2D eigenvalue weighted by Gasteiger charge is 2.38. The monoisotopic (exact) mass is 341 g/mol. The fourth-order valence-electron chi connectivity index (χ4n) is 2.76.